The summed E-state index contributed by atoms with van der Waals surface area (Å²) < 4.78 is 1.87. The van der Waals surface area contributed by atoms with E-state index >= 15 is 0 Å². The highest BCUT2D eigenvalue weighted by Gasteiger charge is 2.25. The van der Waals surface area contributed by atoms with Gasteiger partial charge in [-0.2, -0.15) is 5.10 Å². The van der Waals surface area contributed by atoms with Gasteiger partial charge in [-0.05, 0) is 70.0 Å². The number of amides is 1. The SMILES string of the molecule is Cc1cc(-c2cnc3c(NCC(C)(C)O)cc(C4CC=CN4C)nn23)ccc1C(=O)NC1CC1. The average molecular weight is 461 g/mol. The van der Waals surface area contributed by atoms with Gasteiger partial charge in [0, 0.05) is 30.8 Å². The first-order valence-electron chi connectivity index (χ1n) is 11.8. The van der Waals surface area contributed by atoms with Crippen LogP contribution in [0.2, 0.25) is 0 Å². The number of carbonyl (C=O) groups is 1. The van der Waals surface area contributed by atoms with Crippen LogP contribution in [-0.2, 0) is 0 Å². The number of aryl methyl sites for hydroxylation is 1. The van der Waals surface area contributed by atoms with Crippen molar-refractivity contribution in [2.45, 2.75) is 57.7 Å². The monoisotopic (exact) mass is 460 g/mol. The Kier molecular flexibility index (Phi) is 5.56. The number of imidazole rings is 1. The molecule has 1 fully saturated rings. The van der Waals surface area contributed by atoms with Crippen LogP contribution in [0, 0.1) is 6.92 Å². The number of carbonyl (C=O) groups excluding carboxylic acids is 1. The smallest absolute Gasteiger partial charge is 0.251 e. The van der Waals surface area contributed by atoms with Crippen LogP contribution in [0.4, 0.5) is 5.69 Å². The van der Waals surface area contributed by atoms with Gasteiger partial charge in [0.25, 0.3) is 5.91 Å². The number of hydrogen-bond acceptors (Lipinski definition) is 6. The van der Waals surface area contributed by atoms with Crippen LogP contribution in [0.25, 0.3) is 16.9 Å². The molecule has 178 valence electrons. The van der Waals surface area contributed by atoms with Crippen molar-refractivity contribution in [1.82, 2.24) is 24.8 Å². The number of rotatable bonds is 7. The first-order chi connectivity index (χ1) is 16.2. The van der Waals surface area contributed by atoms with E-state index in [1.165, 1.54) is 0 Å². The molecule has 3 aromatic rings. The quantitative estimate of drug-likeness (QED) is 0.498. The maximum Gasteiger partial charge on any atom is 0.251 e. The van der Waals surface area contributed by atoms with Crippen LogP contribution in [0.15, 0.2) is 42.7 Å². The van der Waals surface area contributed by atoms with Crippen LogP contribution in [0.3, 0.4) is 0 Å². The zero-order valence-corrected chi connectivity index (χ0v) is 20.2. The van der Waals surface area contributed by atoms with Crippen LogP contribution in [-0.4, -0.2) is 55.7 Å². The molecule has 0 radical (unpaired) electrons. The number of nitrogens with one attached hydrogen (secondary N) is 2. The molecule has 1 aliphatic carbocycles. The van der Waals surface area contributed by atoms with E-state index in [1.807, 2.05) is 48.9 Å². The molecule has 1 saturated carbocycles. The number of fused-ring (bicyclic) bond motifs is 1. The summed E-state index contributed by atoms with van der Waals surface area (Å²) in [5.74, 6) is -0.0139. The Balaban J connectivity index is 1.55. The maximum absolute atomic E-state index is 12.6. The molecule has 1 unspecified atom stereocenters. The predicted octanol–water partition coefficient (Wildman–Crippen LogP) is 3.67. The second-order valence-corrected chi connectivity index (χ2v) is 10.1. The highest BCUT2D eigenvalue weighted by Crippen LogP contribution is 2.32. The molecule has 8 nitrogen and oxygen atoms in total. The summed E-state index contributed by atoms with van der Waals surface area (Å²) in [6.45, 7) is 5.89. The largest absolute Gasteiger partial charge is 0.389 e. The highest BCUT2D eigenvalue weighted by molar-refractivity contribution is 5.96. The maximum atomic E-state index is 12.6. The van der Waals surface area contributed by atoms with Gasteiger partial charge in [-0.25, -0.2) is 9.50 Å². The van der Waals surface area contributed by atoms with Gasteiger partial charge >= 0.3 is 0 Å². The lowest BCUT2D eigenvalue weighted by molar-refractivity contribution is 0.0940. The molecule has 1 atom stereocenters. The van der Waals surface area contributed by atoms with Gasteiger partial charge in [-0.3, -0.25) is 4.79 Å². The van der Waals surface area contributed by atoms with Crippen molar-refractivity contribution in [2.24, 2.45) is 0 Å². The molecular formula is C26H32N6O2. The van der Waals surface area contributed by atoms with Crippen molar-refractivity contribution in [3.63, 3.8) is 0 Å². The van der Waals surface area contributed by atoms with E-state index in [0.29, 0.717) is 23.8 Å². The minimum Gasteiger partial charge on any atom is -0.389 e. The van der Waals surface area contributed by atoms with Crippen molar-refractivity contribution in [3.8, 4) is 11.3 Å². The molecule has 8 heteroatoms. The molecule has 34 heavy (non-hydrogen) atoms. The fraction of sp³-hybridized carbons (Fsp3) is 0.423. The highest BCUT2D eigenvalue weighted by atomic mass is 16.3. The molecule has 3 heterocycles. The second-order valence-electron chi connectivity index (χ2n) is 10.1. The molecule has 1 aliphatic heterocycles. The van der Waals surface area contributed by atoms with E-state index in [0.717, 1.165) is 47.5 Å². The van der Waals surface area contributed by atoms with E-state index in [9.17, 15) is 9.90 Å². The standard InChI is InChI=1S/C26H32N6O2/c1-16-12-17(7-10-19(16)25(33)29-18-8-9-18)23-14-27-24-21(28-15-26(2,3)34)13-20(30-32(23)24)22-6-5-11-31(22)4/h5,7,10-14,18,22,28,34H,6,8-9,15H2,1-4H3,(H,29,33). The first-order valence-corrected chi connectivity index (χ1v) is 11.8. The molecule has 3 N–H and O–H groups in total. The molecule has 0 saturated heterocycles. The molecule has 5 rings (SSSR count). The lowest BCUT2D eigenvalue weighted by Gasteiger charge is -2.23. The molecule has 2 aromatic heterocycles. The summed E-state index contributed by atoms with van der Waals surface area (Å²) in [6.07, 6.45) is 9.04. The number of aliphatic hydroxyl groups is 1. The molecular weight excluding hydrogens is 428 g/mol. The third-order valence-corrected chi connectivity index (χ3v) is 6.41. The van der Waals surface area contributed by atoms with Crippen molar-refractivity contribution >= 4 is 17.2 Å². The van der Waals surface area contributed by atoms with Gasteiger partial charge in [0.05, 0.1) is 34.9 Å². The van der Waals surface area contributed by atoms with E-state index in [4.69, 9.17) is 5.10 Å². The summed E-state index contributed by atoms with van der Waals surface area (Å²) in [5, 5.41) is 21.7. The Morgan fingerprint density at radius 2 is 2.06 bits per heavy atom. The number of hydrogen-bond donors (Lipinski definition) is 3. The van der Waals surface area contributed by atoms with Gasteiger partial charge in [-0.1, -0.05) is 12.1 Å². The zero-order chi connectivity index (χ0) is 24.0. The molecule has 2 aliphatic rings. The minimum atomic E-state index is -0.866. The Hall–Kier alpha value is -3.39. The fourth-order valence-corrected chi connectivity index (χ4v) is 4.31. The summed E-state index contributed by atoms with van der Waals surface area (Å²) in [5.41, 5.74) is 5.01. The van der Waals surface area contributed by atoms with Crippen LogP contribution >= 0.6 is 0 Å². The summed E-state index contributed by atoms with van der Waals surface area (Å²) in [7, 11) is 2.05. The van der Waals surface area contributed by atoms with Crippen molar-refractivity contribution in [3.05, 3.63) is 59.6 Å². The van der Waals surface area contributed by atoms with E-state index < -0.39 is 5.60 Å². The molecule has 1 aromatic carbocycles. The minimum absolute atomic E-state index is 0.0139. The second kappa shape index (κ2) is 8.43. The van der Waals surface area contributed by atoms with Gasteiger partial charge in [0.15, 0.2) is 5.65 Å². The summed E-state index contributed by atoms with van der Waals surface area (Å²) >= 11 is 0. The van der Waals surface area contributed by atoms with Gasteiger partial charge in [-0.15, -0.1) is 0 Å². The van der Waals surface area contributed by atoms with Crippen molar-refractivity contribution in [2.75, 3.05) is 18.9 Å². The summed E-state index contributed by atoms with van der Waals surface area (Å²) in [4.78, 5) is 19.4. The van der Waals surface area contributed by atoms with E-state index in [-0.39, 0.29) is 11.9 Å². The normalized spacial score (nSPS) is 18.0. The lowest BCUT2D eigenvalue weighted by atomic mass is 10.0. The lowest BCUT2D eigenvalue weighted by Crippen LogP contribution is -2.29. The predicted molar refractivity (Wildman–Crippen MR) is 133 cm³/mol. The van der Waals surface area contributed by atoms with Crippen molar-refractivity contribution in [1.29, 1.82) is 0 Å². The van der Waals surface area contributed by atoms with Crippen LogP contribution < -0.4 is 10.6 Å². The van der Waals surface area contributed by atoms with E-state index in [2.05, 4.69) is 32.8 Å². The fourth-order valence-electron chi connectivity index (χ4n) is 4.31. The summed E-state index contributed by atoms with van der Waals surface area (Å²) in [6, 6.07) is 8.35. The Morgan fingerprint density at radius 1 is 1.26 bits per heavy atom. The molecule has 0 bridgehead atoms. The van der Waals surface area contributed by atoms with Gasteiger partial charge in [0.2, 0.25) is 0 Å². The number of anilines is 1. The first kappa shape index (κ1) is 22.4. The zero-order valence-electron chi connectivity index (χ0n) is 20.2. The third kappa shape index (κ3) is 4.50. The van der Waals surface area contributed by atoms with Crippen LogP contribution in [0.1, 0.15) is 60.8 Å². The number of benzene rings is 1. The van der Waals surface area contributed by atoms with E-state index in [1.54, 1.807) is 13.8 Å². The number of nitrogens with zero attached hydrogens (tertiary/aromatic N) is 4. The Labute approximate surface area is 199 Å². The average Bonchev–Trinajstić information content (AvgIpc) is 3.31. The Morgan fingerprint density at radius 3 is 2.71 bits per heavy atom. The number of aromatic nitrogens is 3. The van der Waals surface area contributed by atoms with Gasteiger partial charge < -0.3 is 20.6 Å². The van der Waals surface area contributed by atoms with Gasteiger partial charge in [0.1, 0.15) is 0 Å². The molecule has 1 amide bonds. The van der Waals surface area contributed by atoms with Crippen LogP contribution in [0.5, 0.6) is 0 Å². The Bertz CT molecular complexity index is 1270. The topological polar surface area (TPSA) is 94.8 Å². The third-order valence-electron chi connectivity index (χ3n) is 6.41. The molecule has 0 spiro atoms. The van der Waals surface area contributed by atoms with Crippen molar-refractivity contribution < 1.29 is 9.90 Å².